The number of hydrogen-bond donors (Lipinski definition) is 2. The van der Waals surface area contributed by atoms with E-state index in [4.69, 9.17) is 4.74 Å². The predicted molar refractivity (Wildman–Crippen MR) is 106 cm³/mol. The predicted octanol–water partition coefficient (Wildman–Crippen LogP) is 2.53. The number of ketones is 1. The molecule has 0 spiro atoms. The fraction of sp³-hybridized carbons (Fsp3) is 0.409. The van der Waals surface area contributed by atoms with Crippen LogP contribution in [0.4, 0.5) is 8.78 Å². The maximum atomic E-state index is 13.8. The van der Waals surface area contributed by atoms with Crippen LogP contribution in [0, 0.1) is 17.0 Å². The van der Waals surface area contributed by atoms with E-state index in [0.717, 1.165) is 18.9 Å². The van der Waals surface area contributed by atoms with Gasteiger partial charge >= 0.3 is 0 Å². The third kappa shape index (κ3) is 3.63. The van der Waals surface area contributed by atoms with E-state index >= 15 is 0 Å². The van der Waals surface area contributed by atoms with E-state index < -0.39 is 40.2 Å². The van der Waals surface area contributed by atoms with Gasteiger partial charge in [-0.1, -0.05) is 12.5 Å². The number of halogens is 2. The summed E-state index contributed by atoms with van der Waals surface area (Å²) in [5, 5.41) is 12.9. The fourth-order valence-electron chi connectivity index (χ4n) is 4.26. The van der Waals surface area contributed by atoms with Gasteiger partial charge in [-0.2, -0.15) is 0 Å². The van der Waals surface area contributed by atoms with Gasteiger partial charge in [0.05, 0.1) is 18.1 Å². The molecule has 2 aromatic rings. The number of Topliss-reactive ketones (excluding diaryl/α,β-unsaturated/α-hetero) is 1. The van der Waals surface area contributed by atoms with Crippen LogP contribution in [0.1, 0.15) is 52.6 Å². The summed E-state index contributed by atoms with van der Waals surface area (Å²) in [5.74, 6) is -3.60. The lowest BCUT2D eigenvalue weighted by atomic mass is 9.72. The molecule has 0 bridgehead atoms. The van der Waals surface area contributed by atoms with E-state index in [1.54, 1.807) is 6.92 Å². The number of benzene rings is 1. The zero-order valence-electron chi connectivity index (χ0n) is 16.9. The Kier molecular flexibility index (Phi) is 5.38. The maximum absolute atomic E-state index is 13.8. The minimum Gasteiger partial charge on any atom is -0.503 e. The molecule has 2 aliphatic heterocycles. The van der Waals surface area contributed by atoms with Gasteiger partial charge in [-0.3, -0.25) is 14.4 Å². The lowest BCUT2D eigenvalue weighted by Gasteiger charge is -2.40. The van der Waals surface area contributed by atoms with Crippen molar-refractivity contribution in [1.82, 2.24) is 9.88 Å². The van der Waals surface area contributed by atoms with Crippen LogP contribution in [0.3, 0.4) is 0 Å². The van der Waals surface area contributed by atoms with Gasteiger partial charge in [-0.25, -0.2) is 8.78 Å². The number of aromatic nitrogens is 1. The van der Waals surface area contributed by atoms with Gasteiger partial charge in [0.1, 0.15) is 22.9 Å². The lowest BCUT2D eigenvalue weighted by Crippen LogP contribution is -2.49. The van der Waals surface area contributed by atoms with E-state index in [1.807, 2.05) is 0 Å². The topological polar surface area (TPSA) is 97.6 Å². The molecule has 1 amide bonds. The van der Waals surface area contributed by atoms with E-state index in [9.17, 15) is 28.3 Å². The summed E-state index contributed by atoms with van der Waals surface area (Å²) in [6.07, 6.45) is 2.97. The normalized spacial score (nSPS) is 22.9. The Hall–Kier alpha value is -3.07. The fourth-order valence-corrected chi connectivity index (χ4v) is 4.26. The number of aromatic hydroxyl groups is 1. The monoisotopic (exact) mass is 432 g/mol. The van der Waals surface area contributed by atoms with Crippen LogP contribution in [0.2, 0.25) is 0 Å². The minimum atomic E-state index is -0.978. The smallest absolute Gasteiger partial charge is 0.257 e. The lowest BCUT2D eigenvalue weighted by molar-refractivity contribution is -0.0284. The molecule has 2 atom stereocenters. The number of carbonyl (C=O) groups is 2. The van der Waals surface area contributed by atoms with Gasteiger partial charge in [0.2, 0.25) is 5.43 Å². The highest BCUT2D eigenvalue weighted by atomic mass is 19.1. The van der Waals surface area contributed by atoms with Gasteiger partial charge in [-0.15, -0.1) is 0 Å². The molecule has 1 aromatic carbocycles. The van der Waals surface area contributed by atoms with Crippen molar-refractivity contribution in [2.24, 2.45) is 5.41 Å². The zero-order valence-corrected chi connectivity index (χ0v) is 16.9. The van der Waals surface area contributed by atoms with Crippen molar-refractivity contribution >= 4 is 11.7 Å². The molecule has 2 N–H and O–H groups in total. The first-order valence-corrected chi connectivity index (χ1v) is 10.1. The molecule has 0 aliphatic carbocycles. The van der Waals surface area contributed by atoms with Crippen molar-refractivity contribution in [3.8, 4) is 5.75 Å². The molecule has 1 fully saturated rings. The first kappa shape index (κ1) is 21.2. The number of amides is 1. The highest BCUT2D eigenvalue weighted by Crippen LogP contribution is 2.42. The Balaban J connectivity index is 1.65. The van der Waals surface area contributed by atoms with Crippen LogP contribution >= 0.6 is 0 Å². The Labute approximate surface area is 176 Å². The second-order valence-corrected chi connectivity index (χ2v) is 8.20. The second kappa shape index (κ2) is 7.88. The molecule has 3 heterocycles. The van der Waals surface area contributed by atoms with Crippen molar-refractivity contribution in [3.63, 3.8) is 0 Å². The molecular formula is C22H22F2N2O5. The van der Waals surface area contributed by atoms with Gasteiger partial charge in [-0.05, 0) is 25.8 Å². The summed E-state index contributed by atoms with van der Waals surface area (Å²) in [4.78, 5) is 38.4. The van der Waals surface area contributed by atoms with E-state index in [-0.39, 0.29) is 35.7 Å². The van der Waals surface area contributed by atoms with Crippen LogP contribution in [-0.4, -0.2) is 34.1 Å². The van der Waals surface area contributed by atoms with Gasteiger partial charge in [0.15, 0.2) is 11.5 Å². The first-order valence-electron chi connectivity index (χ1n) is 10.1. The van der Waals surface area contributed by atoms with Crippen LogP contribution < -0.4 is 10.7 Å². The SMILES string of the molecule is C[C@]12CCCCO[C@@H]1Cn1cc(C(=O)NCc3ccc(F)cc3F)c(=O)c(O)c1C2=O. The largest absolute Gasteiger partial charge is 0.503 e. The van der Waals surface area contributed by atoms with Gasteiger partial charge in [0.25, 0.3) is 5.91 Å². The van der Waals surface area contributed by atoms with Crippen LogP contribution in [0.25, 0.3) is 0 Å². The van der Waals surface area contributed by atoms with Crippen molar-refractivity contribution in [2.75, 3.05) is 6.61 Å². The number of pyridine rings is 1. The molecular weight excluding hydrogens is 410 g/mol. The molecule has 1 aromatic heterocycles. The number of nitrogens with zero attached hydrogens (tertiary/aromatic N) is 1. The molecule has 2 aliphatic rings. The van der Waals surface area contributed by atoms with Crippen LogP contribution in [0.5, 0.6) is 5.75 Å². The number of fused-ring (bicyclic) bond motifs is 2. The average molecular weight is 432 g/mol. The van der Waals surface area contributed by atoms with Crippen molar-refractivity contribution in [2.45, 2.75) is 45.4 Å². The summed E-state index contributed by atoms with van der Waals surface area (Å²) in [7, 11) is 0. The third-order valence-electron chi connectivity index (χ3n) is 6.17. The van der Waals surface area contributed by atoms with Crippen LogP contribution in [0.15, 0.2) is 29.2 Å². The molecule has 1 saturated heterocycles. The first-order chi connectivity index (χ1) is 14.7. The van der Waals surface area contributed by atoms with Crippen molar-refractivity contribution in [3.05, 3.63) is 63.1 Å². The number of ether oxygens (including phenoxy) is 1. The molecule has 0 saturated carbocycles. The molecule has 0 unspecified atom stereocenters. The standard InChI is InChI=1S/C22H22F2N2O5/c1-22-6-2-3-7-31-16(22)11-26-10-14(18(27)19(28)17(26)20(22)29)21(30)25-9-12-4-5-13(23)8-15(12)24/h4-5,8,10,16,28H,2-3,6-7,9,11H2,1H3,(H,25,30)/t16-,22+/m1/s1. The van der Waals surface area contributed by atoms with E-state index in [1.165, 1.54) is 16.8 Å². The molecule has 0 radical (unpaired) electrons. The second-order valence-electron chi connectivity index (χ2n) is 8.20. The average Bonchev–Trinajstić information content (AvgIpc) is 2.92. The molecule has 9 heteroatoms. The molecule has 7 nitrogen and oxygen atoms in total. The zero-order chi connectivity index (χ0) is 22.3. The number of carbonyl (C=O) groups excluding carboxylic acids is 2. The van der Waals surface area contributed by atoms with Crippen molar-refractivity contribution in [1.29, 1.82) is 0 Å². The minimum absolute atomic E-state index is 0.0369. The maximum Gasteiger partial charge on any atom is 0.257 e. The third-order valence-corrected chi connectivity index (χ3v) is 6.17. The molecule has 31 heavy (non-hydrogen) atoms. The highest BCUT2D eigenvalue weighted by Gasteiger charge is 2.49. The van der Waals surface area contributed by atoms with E-state index in [0.29, 0.717) is 19.1 Å². The van der Waals surface area contributed by atoms with Gasteiger partial charge in [0, 0.05) is 31.0 Å². The summed E-state index contributed by atoms with van der Waals surface area (Å²) >= 11 is 0. The van der Waals surface area contributed by atoms with Crippen molar-refractivity contribution < 1.29 is 28.2 Å². The number of rotatable bonds is 3. The molecule has 4 rings (SSSR count). The van der Waals surface area contributed by atoms with Crippen LogP contribution in [-0.2, 0) is 17.8 Å². The summed E-state index contributed by atoms with van der Waals surface area (Å²) in [6, 6.07) is 2.93. The Morgan fingerprint density at radius 3 is 2.84 bits per heavy atom. The molecule has 164 valence electrons. The quantitative estimate of drug-likeness (QED) is 0.777. The number of nitrogens with one attached hydrogen (secondary N) is 1. The highest BCUT2D eigenvalue weighted by molar-refractivity contribution is 6.03. The Morgan fingerprint density at radius 1 is 1.32 bits per heavy atom. The Morgan fingerprint density at radius 2 is 2.10 bits per heavy atom. The summed E-state index contributed by atoms with van der Waals surface area (Å²) < 4.78 is 34.1. The Bertz CT molecular complexity index is 1130. The summed E-state index contributed by atoms with van der Waals surface area (Å²) in [5.41, 5.74) is -2.31. The number of hydrogen-bond acceptors (Lipinski definition) is 5. The summed E-state index contributed by atoms with van der Waals surface area (Å²) in [6.45, 7) is 2.20. The van der Waals surface area contributed by atoms with Gasteiger partial charge < -0.3 is 19.7 Å². The van der Waals surface area contributed by atoms with E-state index in [2.05, 4.69) is 5.32 Å².